The fourth-order valence-electron chi connectivity index (χ4n) is 3.45. The van der Waals surface area contributed by atoms with Gasteiger partial charge in [-0.25, -0.2) is 4.79 Å². The number of amides is 1. The Labute approximate surface area is 216 Å². The van der Waals surface area contributed by atoms with E-state index in [0.717, 1.165) is 0 Å². The number of hydrogen-bond donors (Lipinski definition) is 1. The highest BCUT2D eigenvalue weighted by Gasteiger charge is 2.21. The molecule has 4 aromatic rings. The van der Waals surface area contributed by atoms with E-state index in [4.69, 9.17) is 37.1 Å². The first-order chi connectivity index (χ1) is 17.4. The van der Waals surface area contributed by atoms with Crippen molar-refractivity contribution in [2.75, 3.05) is 18.5 Å². The van der Waals surface area contributed by atoms with Crippen molar-refractivity contribution in [2.45, 2.75) is 13.3 Å². The molecule has 0 bridgehead atoms. The second-order valence-corrected chi connectivity index (χ2v) is 8.62. The van der Waals surface area contributed by atoms with Crippen LogP contribution < -0.4 is 15.5 Å². The third kappa shape index (κ3) is 5.70. The maximum absolute atomic E-state index is 13.3. The van der Waals surface area contributed by atoms with Gasteiger partial charge < -0.3 is 19.2 Å². The van der Waals surface area contributed by atoms with Crippen LogP contribution in [-0.2, 0) is 9.53 Å². The van der Waals surface area contributed by atoms with Crippen molar-refractivity contribution in [3.63, 3.8) is 0 Å². The van der Waals surface area contributed by atoms with Gasteiger partial charge in [0.05, 0.1) is 22.6 Å². The Kier molecular flexibility index (Phi) is 7.93. The van der Waals surface area contributed by atoms with Gasteiger partial charge in [-0.15, -0.1) is 0 Å². The second-order valence-electron chi connectivity index (χ2n) is 7.77. The zero-order valence-corrected chi connectivity index (χ0v) is 20.7. The van der Waals surface area contributed by atoms with Gasteiger partial charge in [0.15, 0.2) is 18.0 Å². The predicted molar refractivity (Wildman–Crippen MR) is 139 cm³/mol. The molecule has 1 aromatic heterocycles. The van der Waals surface area contributed by atoms with E-state index in [1.807, 2.05) is 13.0 Å². The van der Waals surface area contributed by atoms with Gasteiger partial charge in [0.25, 0.3) is 5.91 Å². The first-order valence-corrected chi connectivity index (χ1v) is 11.8. The van der Waals surface area contributed by atoms with E-state index in [0.29, 0.717) is 29.8 Å². The number of rotatable bonds is 8. The van der Waals surface area contributed by atoms with E-state index >= 15 is 0 Å². The van der Waals surface area contributed by atoms with Crippen molar-refractivity contribution in [1.82, 2.24) is 0 Å². The smallest absolute Gasteiger partial charge is 0.338 e. The van der Waals surface area contributed by atoms with Crippen LogP contribution in [0, 0.1) is 0 Å². The molecule has 0 aliphatic heterocycles. The quantitative estimate of drug-likeness (QED) is 0.269. The number of nitrogens with one attached hydrogen (secondary N) is 1. The lowest BCUT2D eigenvalue weighted by Crippen LogP contribution is -2.23. The van der Waals surface area contributed by atoms with E-state index in [1.54, 1.807) is 42.5 Å². The second kappa shape index (κ2) is 11.3. The van der Waals surface area contributed by atoms with Crippen molar-refractivity contribution in [2.24, 2.45) is 0 Å². The molecule has 0 radical (unpaired) electrons. The number of carbonyl (C=O) groups is 2. The molecular weight excluding hydrogens is 505 g/mol. The molecule has 0 atom stereocenters. The van der Waals surface area contributed by atoms with Crippen LogP contribution in [-0.4, -0.2) is 25.1 Å². The summed E-state index contributed by atoms with van der Waals surface area (Å²) in [6.07, 6.45) is 0.700. The molecule has 36 heavy (non-hydrogen) atoms. The lowest BCUT2D eigenvalue weighted by molar-refractivity contribution is -0.118. The maximum atomic E-state index is 13.3. The number of benzene rings is 3. The topological polar surface area (TPSA) is 94.8 Å². The van der Waals surface area contributed by atoms with Gasteiger partial charge in [-0.05, 0) is 36.8 Å². The minimum atomic E-state index is -0.545. The van der Waals surface area contributed by atoms with Gasteiger partial charge in [0, 0.05) is 16.3 Å². The Bertz CT molecular complexity index is 1480. The van der Waals surface area contributed by atoms with Crippen LogP contribution in [0.1, 0.15) is 23.7 Å². The van der Waals surface area contributed by atoms with E-state index in [2.05, 4.69) is 5.32 Å². The van der Waals surface area contributed by atoms with E-state index in [-0.39, 0.29) is 32.5 Å². The Balaban J connectivity index is 1.60. The average Bonchev–Trinajstić information content (AvgIpc) is 2.87. The Morgan fingerprint density at radius 1 is 1.00 bits per heavy atom. The predicted octanol–water partition coefficient (Wildman–Crippen LogP) is 6.35. The zero-order valence-electron chi connectivity index (χ0n) is 19.2. The molecule has 184 valence electrons. The Morgan fingerprint density at radius 2 is 1.78 bits per heavy atom. The van der Waals surface area contributed by atoms with Crippen LogP contribution in [0.4, 0.5) is 5.69 Å². The third-order valence-electron chi connectivity index (χ3n) is 5.07. The van der Waals surface area contributed by atoms with Crippen molar-refractivity contribution in [3.8, 4) is 17.1 Å². The summed E-state index contributed by atoms with van der Waals surface area (Å²) in [4.78, 5) is 38.1. The van der Waals surface area contributed by atoms with Crippen LogP contribution in [0.15, 0.2) is 75.9 Å². The molecule has 3 aromatic carbocycles. The minimum Gasteiger partial charge on any atom is -0.476 e. The van der Waals surface area contributed by atoms with Gasteiger partial charge in [-0.1, -0.05) is 66.5 Å². The number of carbonyl (C=O) groups excluding carboxylic acids is 2. The number of anilines is 1. The number of esters is 1. The van der Waals surface area contributed by atoms with Crippen LogP contribution in [0.3, 0.4) is 0 Å². The number of halogens is 2. The molecule has 0 saturated carbocycles. The summed E-state index contributed by atoms with van der Waals surface area (Å²) in [5.74, 6) is -1.05. The highest BCUT2D eigenvalue weighted by molar-refractivity contribution is 6.38. The van der Waals surface area contributed by atoms with Crippen LogP contribution in [0.2, 0.25) is 10.0 Å². The third-order valence-corrected chi connectivity index (χ3v) is 5.57. The molecule has 1 heterocycles. The van der Waals surface area contributed by atoms with Crippen LogP contribution in [0.5, 0.6) is 5.75 Å². The molecular formula is C27H21Cl2NO6. The summed E-state index contributed by atoms with van der Waals surface area (Å²) in [6.45, 7) is 1.71. The van der Waals surface area contributed by atoms with Crippen molar-refractivity contribution in [1.29, 1.82) is 0 Å². The lowest BCUT2D eigenvalue weighted by atomic mass is 10.1. The Morgan fingerprint density at radius 3 is 2.53 bits per heavy atom. The summed E-state index contributed by atoms with van der Waals surface area (Å²) >= 11 is 12.4. The number of fused-ring (bicyclic) bond motifs is 1. The first kappa shape index (κ1) is 25.3. The lowest BCUT2D eigenvalue weighted by Gasteiger charge is -2.13. The van der Waals surface area contributed by atoms with Crippen LogP contribution >= 0.6 is 23.2 Å². The zero-order chi connectivity index (χ0) is 25.7. The molecule has 0 aliphatic carbocycles. The molecule has 0 spiro atoms. The van der Waals surface area contributed by atoms with Crippen molar-refractivity contribution in [3.05, 3.63) is 92.6 Å². The van der Waals surface area contributed by atoms with Crippen molar-refractivity contribution < 1.29 is 23.5 Å². The van der Waals surface area contributed by atoms with Gasteiger partial charge >= 0.3 is 5.97 Å². The molecule has 0 aliphatic rings. The standard InChI is InChI=1S/C27H21Cl2NO6/c1-2-11-34-27(33)17-9-6-10-19(12-17)30-22(31)15-35-26-23(32)20-13-18(28)14-21(29)25(20)36-24(26)16-7-4-3-5-8-16/h3-10,12-14H,2,11,15H2,1H3,(H,30,31). The molecule has 9 heteroatoms. The molecule has 4 rings (SSSR count). The highest BCUT2D eigenvalue weighted by Crippen LogP contribution is 2.35. The summed E-state index contributed by atoms with van der Waals surface area (Å²) < 4.78 is 16.8. The van der Waals surface area contributed by atoms with E-state index in [1.165, 1.54) is 18.2 Å². The monoisotopic (exact) mass is 525 g/mol. The summed E-state index contributed by atoms with van der Waals surface area (Å²) in [7, 11) is 0. The molecule has 7 nitrogen and oxygen atoms in total. The number of ether oxygens (including phenoxy) is 2. The molecule has 1 N–H and O–H groups in total. The van der Waals surface area contributed by atoms with Gasteiger partial charge in [0.1, 0.15) is 0 Å². The fourth-order valence-corrected chi connectivity index (χ4v) is 3.99. The molecule has 0 saturated heterocycles. The van der Waals surface area contributed by atoms with E-state index < -0.39 is 23.9 Å². The average molecular weight is 526 g/mol. The summed E-state index contributed by atoms with van der Waals surface area (Å²) in [6, 6.07) is 18.1. The van der Waals surface area contributed by atoms with Crippen LogP contribution in [0.25, 0.3) is 22.3 Å². The number of hydrogen-bond acceptors (Lipinski definition) is 6. The van der Waals surface area contributed by atoms with Crippen molar-refractivity contribution >= 4 is 51.7 Å². The summed E-state index contributed by atoms with van der Waals surface area (Å²) in [5.41, 5.74) is 0.886. The largest absolute Gasteiger partial charge is 0.476 e. The highest BCUT2D eigenvalue weighted by atomic mass is 35.5. The van der Waals surface area contributed by atoms with Gasteiger partial charge in [-0.2, -0.15) is 0 Å². The Hall–Kier alpha value is -3.81. The molecule has 0 fully saturated rings. The maximum Gasteiger partial charge on any atom is 0.338 e. The SMILES string of the molecule is CCCOC(=O)c1cccc(NC(=O)COc2c(-c3ccccc3)oc3c(Cl)cc(Cl)cc3c2=O)c1. The molecule has 1 amide bonds. The molecule has 0 unspecified atom stereocenters. The normalized spacial score (nSPS) is 10.8. The van der Waals surface area contributed by atoms with Gasteiger partial charge in [0.2, 0.25) is 11.2 Å². The summed E-state index contributed by atoms with van der Waals surface area (Å²) in [5, 5.41) is 3.21. The fraction of sp³-hybridized carbons (Fsp3) is 0.148. The first-order valence-electron chi connectivity index (χ1n) is 11.1. The minimum absolute atomic E-state index is 0.126. The van der Waals surface area contributed by atoms with Gasteiger partial charge in [-0.3, -0.25) is 9.59 Å². The van der Waals surface area contributed by atoms with E-state index in [9.17, 15) is 14.4 Å².